The smallest absolute Gasteiger partial charge is 0.455 e. The zero-order chi connectivity index (χ0) is 35.5. The highest BCUT2D eigenvalue weighted by molar-refractivity contribution is 6.62. The molecule has 252 valence electrons. The quantitative estimate of drug-likeness (QED) is 0.163. The molecule has 0 aliphatic carbocycles. The van der Waals surface area contributed by atoms with Crippen LogP contribution in [-0.4, -0.2) is 33.3 Å². The van der Waals surface area contributed by atoms with Crippen molar-refractivity contribution in [1.82, 2.24) is 15.0 Å². The van der Waals surface area contributed by atoms with Crippen molar-refractivity contribution in [1.29, 1.82) is 0 Å². The second-order valence-corrected chi connectivity index (χ2v) is 14.3. The normalized spacial score (nSPS) is 15.0. The fraction of sp³-hybridized carbons (Fsp3) is 0.133. The van der Waals surface area contributed by atoms with E-state index < -0.39 is 18.3 Å². The van der Waals surface area contributed by atoms with Crippen molar-refractivity contribution < 1.29 is 13.7 Å². The van der Waals surface area contributed by atoms with Crippen molar-refractivity contribution in [2.24, 2.45) is 0 Å². The summed E-state index contributed by atoms with van der Waals surface area (Å²) in [7, 11) is -0.601. The van der Waals surface area contributed by atoms with Crippen molar-refractivity contribution in [3.05, 3.63) is 146 Å². The number of aromatic nitrogens is 3. The third-order valence-corrected chi connectivity index (χ3v) is 10.4. The minimum absolute atomic E-state index is 0.500. The molecule has 52 heavy (non-hydrogen) atoms. The van der Waals surface area contributed by atoms with E-state index in [2.05, 4.69) is 107 Å². The van der Waals surface area contributed by atoms with Crippen LogP contribution in [0.4, 0.5) is 0 Å². The van der Waals surface area contributed by atoms with Crippen LogP contribution in [-0.2, 0) is 9.31 Å². The molecular weight excluding hydrogens is 641 g/mol. The lowest BCUT2D eigenvalue weighted by atomic mass is 9.77. The van der Waals surface area contributed by atoms with E-state index in [1.165, 1.54) is 0 Å². The van der Waals surface area contributed by atoms with E-state index in [-0.39, 0.29) is 0 Å². The topological polar surface area (TPSA) is 70.3 Å². The highest BCUT2D eigenvalue weighted by Crippen LogP contribution is 2.41. The maximum absolute atomic E-state index is 6.90. The number of nitrogens with zero attached hydrogens (tertiary/aromatic N) is 3. The maximum atomic E-state index is 6.90. The number of furan rings is 1. The predicted octanol–water partition coefficient (Wildman–Crippen LogP) is 10.4. The molecule has 1 aliphatic rings. The minimum Gasteiger partial charge on any atom is -0.455 e. The van der Waals surface area contributed by atoms with Gasteiger partial charge in [-0.25, -0.2) is 15.0 Å². The average molecular weight is 678 g/mol. The van der Waals surface area contributed by atoms with Crippen molar-refractivity contribution >= 4 is 34.5 Å². The Morgan fingerprint density at radius 2 is 0.904 bits per heavy atom. The van der Waals surface area contributed by atoms with Gasteiger partial charge in [-0.15, -0.1) is 0 Å². The van der Waals surface area contributed by atoms with Gasteiger partial charge < -0.3 is 13.7 Å². The van der Waals surface area contributed by atoms with Crippen LogP contribution in [0.1, 0.15) is 27.7 Å². The molecule has 0 radical (unpaired) electrons. The van der Waals surface area contributed by atoms with Gasteiger partial charge in [0.15, 0.2) is 17.5 Å². The number of hydrogen-bond donors (Lipinski definition) is 0. The van der Waals surface area contributed by atoms with Gasteiger partial charge in [0.25, 0.3) is 0 Å². The Bertz CT molecular complexity index is 2550. The van der Waals surface area contributed by atoms with Gasteiger partial charge in [-0.3, -0.25) is 0 Å². The molecule has 3 heterocycles. The largest absolute Gasteiger partial charge is 0.494 e. The molecule has 8 aromatic rings. The first-order valence-electron chi connectivity index (χ1n) is 17.6. The highest BCUT2D eigenvalue weighted by atomic mass is 16.7. The molecule has 9 rings (SSSR count). The van der Waals surface area contributed by atoms with Gasteiger partial charge in [0.2, 0.25) is 0 Å². The van der Waals surface area contributed by atoms with E-state index in [1.54, 1.807) is 0 Å². The van der Waals surface area contributed by atoms with Gasteiger partial charge in [0, 0.05) is 27.5 Å². The Kier molecular flexibility index (Phi) is 7.65. The molecule has 0 bridgehead atoms. The Balaban J connectivity index is 1.28. The summed E-state index contributed by atoms with van der Waals surface area (Å²) in [6.45, 7) is 8.27. The number of fused-ring (bicyclic) bond motifs is 3. The van der Waals surface area contributed by atoms with Crippen molar-refractivity contribution in [3.63, 3.8) is 0 Å². The molecule has 7 heteroatoms. The van der Waals surface area contributed by atoms with Crippen molar-refractivity contribution in [2.45, 2.75) is 38.9 Å². The molecule has 1 fully saturated rings. The first-order valence-corrected chi connectivity index (χ1v) is 17.6. The highest BCUT2D eigenvalue weighted by Gasteiger charge is 2.52. The van der Waals surface area contributed by atoms with Gasteiger partial charge >= 0.3 is 7.12 Å². The van der Waals surface area contributed by atoms with Crippen LogP contribution in [0, 0.1) is 0 Å². The fourth-order valence-electron chi connectivity index (χ4n) is 6.83. The summed E-state index contributed by atoms with van der Waals surface area (Å²) in [5.41, 5.74) is 8.19. The molecule has 2 aromatic heterocycles. The second-order valence-electron chi connectivity index (χ2n) is 14.3. The molecule has 0 saturated carbocycles. The Morgan fingerprint density at radius 3 is 1.52 bits per heavy atom. The summed E-state index contributed by atoms with van der Waals surface area (Å²) < 4.78 is 20.1. The molecule has 1 saturated heterocycles. The molecule has 0 N–H and O–H groups in total. The summed E-state index contributed by atoms with van der Waals surface area (Å²) in [4.78, 5) is 15.3. The Hall–Kier alpha value is -5.89. The SMILES string of the molecule is CC1(C)OB(c2cc(-c3nc(-c4ccccc4)nc(-c4ccc(-c5ccccc5)cc4)n3)c3oc4c(-c5ccccc5)cccc4c3c2)OC1(C)C. The zero-order valence-corrected chi connectivity index (χ0v) is 29.5. The van der Waals surface area contributed by atoms with E-state index in [0.717, 1.165) is 60.8 Å². The van der Waals surface area contributed by atoms with Crippen LogP contribution < -0.4 is 5.46 Å². The molecule has 6 nitrogen and oxygen atoms in total. The van der Waals surface area contributed by atoms with Crippen LogP contribution in [0.15, 0.2) is 150 Å². The van der Waals surface area contributed by atoms with E-state index in [0.29, 0.717) is 23.1 Å². The van der Waals surface area contributed by atoms with E-state index in [1.807, 2.05) is 66.7 Å². The standard InChI is InChI=1S/C45H36BN3O3/c1-44(2)45(3,4)52-46(51-44)34-27-37-36-22-14-21-35(31-17-10-6-11-18-31)39(36)50-40(37)38(28-34)43-48-41(32-19-12-7-13-20-32)47-42(49-43)33-25-23-30(24-26-33)29-15-8-5-9-16-29/h5-28H,1-4H3. The summed E-state index contributed by atoms with van der Waals surface area (Å²) in [5.74, 6) is 1.64. The van der Waals surface area contributed by atoms with Crippen LogP contribution in [0.2, 0.25) is 0 Å². The summed E-state index contributed by atoms with van der Waals surface area (Å²) in [6, 6.07) is 49.5. The summed E-state index contributed by atoms with van der Waals surface area (Å²) >= 11 is 0. The third-order valence-electron chi connectivity index (χ3n) is 10.4. The third kappa shape index (κ3) is 5.59. The first kappa shape index (κ1) is 32.1. The van der Waals surface area contributed by atoms with Gasteiger partial charge in [-0.1, -0.05) is 140 Å². The molecule has 0 atom stereocenters. The molecule has 1 aliphatic heterocycles. The van der Waals surface area contributed by atoms with Crippen LogP contribution in [0.5, 0.6) is 0 Å². The van der Waals surface area contributed by atoms with Gasteiger partial charge in [0.05, 0.1) is 16.8 Å². The maximum Gasteiger partial charge on any atom is 0.494 e. The van der Waals surface area contributed by atoms with E-state index in [4.69, 9.17) is 28.7 Å². The average Bonchev–Trinajstić information content (AvgIpc) is 3.67. The zero-order valence-electron chi connectivity index (χ0n) is 29.5. The number of benzene rings is 6. The molecule has 6 aromatic carbocycles. The first-order chi connectivity index (χ1) is 25.2. The lowest BCUT2D eigenvalue weighted by Crippen LogP contribution is -2.41. The van der Waals surface area contributed by atoms with E-state index in [9.17, 15) is 0 Å². The van der Waals surface area contributed by atoms with E-state index >= 15 is 0 Å². The molecule has 0 spiro atoms. The van der Waals surface area contributed by atoms with Crippen LogP contribution in [0.3, 0.4) is 0 Å². The molecule has 0 amide bonds. The number of para-hydroxylation sites is 1. The number of rotatable bonds is 6. The molecular formula is C45H36BN3O3. The Morgan fingerprint density at radius 1 is 0.423 bits per heavy atom. The predicted molar refractivity (Wildman–Crippen MR) is 210 cm³/mol. The summed E-state index contributed by atoms with van der Waals surface area (Å²) in [6.07, 6.45) is 0. The van der Waals surface area contributed by atoms with Gasteiger partial charge in [-0.05, 0) is 55.9 Å². The lowest BCUT2D eigenvalue weighted by Gasteiger charge is -2.32. The Labute approximate surface area is 303 Å². The molecule has 0 unspecified atom stereocenters. The fourth-order valence-corrected chi connectivity index (χ4v) is 6.83. The van der Waals surface area contributed by atoms with Crippen LogP contribution in [0.25, 0.3) is 78.4 Å². The van der Waals surface area contributed by atoms with Crippen molar-refractivity contribution in [3.8, 4) is 56.4 Å². The van der Waals surface area contributed by atoms with Crippen LogP contribution >= 0.6 is 0 Å². The van der Waals surface area contributed by atoms with Gasteiger partial charge in [-0.2, -0.15) is 0 Å². The second kappa shape index (κ2) is 12.4. The van der Waals surface area contributed by atoms with Crippen molar-refractivity contribution in [2.75, 3.05) is 0 Å². The monoisotopic (exact) mass is 677 g/mol. The number of hydrogen-bond acceptors (Lipinski definition) is 6. The summed E-state index contributed by atoms with van der Waals surface area (Å²) in [5, 5.41) is 1.93. The lowest BCUT2D eigenvalue weighted by molar-refractivity contribution is 0.00578. The minimum atomic E-state index is -0.601. The van der Waals surface area contributed by atoms with Gasteiger partial charge in [0.1, 0.15) is 11.2 Å².